The molecule has 3 heteroatoms. The zero-order valence-electron chi connectivity index (χ0n) is 8.15. The van der Waals surface area contributed by atoms with Crippen LogP contribution in [0.2, 0.25) is 0 Å². The zero-order valence-corrected chi connectivity index (χ0v) is 8.15. The predicted octanol–water partition coefficient (Wildman–Crippen LogP) is 1.78. The fourth-order valence-electron chi connectivity index (χ4n) is 1.23. The maximum absolute atomic E-state index is 11.2. The normalized spacial score (nSPS) is 11.5. The molecule has 0 aliphatic rings. The van der Waals surface area contributed by atoms with E-state index in [0.29, 0.717) is 5.56 Å². The number of nitrogens with zero attached hydrogens (tertiary/aromatic N) is 1. The fraction of sp³-hybridized carbons (Fsp3) is 0.273. The van der Waals surface area contributed by atoms with Crippen LogP contribution in [0.3, 0.4) is 0 Å². The molecule has 1 unspecified atom stereocenters. The molecule has 1 atom stereocenters. The Labute approximate surface area is 82.9 Å². The number of aryl methyl sites for hydroxylation is 1. The van der Waals surface area contributed by atoms with Gasteiger partial charge in [-0.1, -0.05) is 29.8 Å². The summed E-state index contributed by atoms with van der Waals surface area (Å²) >= 11 is 0. The van der Waals surface area contributed by atoms with Crippen LogP contribution >= 0.6 is 0 Å². The minimum Gasteiger partial charge on any atom is -0.468 e. The van der Waals surface area contributed by atoms with Gasteiger partial charge in [0.25, 0.3) is 0 Å². The summed E-state index contributed by atoms with van der Waals surface area (Å²) in [6.45, 7) is 1.91. The van der Waals surface area contributed by atoms with Crippen LogP contribution < -0.4 is 0 Å². The first-order valence-corrected chi connectivity index (χ1v) is 4.23. The average molecular weight is 189 g/mol. The van der Waals surface area contributed by atoms with Crippen molar-refractivity contribution in [1.29, 1.82) is 5.26 Å². The molecule has 1 aromatic carbocycles. The van der Waals surface area contributed by atoms with E-state index in [4.69, 9.17) is 5.26 Å². The molecule has 1 rings (SSSR count). The molecule has 0 saturated heterocycles. The van der Waals surface area contributed by atoms with Crippen LogP contribution in [-0.2, 0) is 9.53 Å². The Morgan fingerprint density at radius 1 is 1.57 bits per heavy atom. The lowest BCUT2D eigenvalue weighted by molar-refractivity contribution is -0.140. The van der Waals surface area contributed by atoms with Crippen molar-refractivity contribution in [2.45, 2.75) is 12.8 Å². The lowest BCUT2D eigenvalue weighted by atomic mass is 9.99. The molecule has 0 spiro atoms. The first-order chi connectivity index (χ1) is 6.69. The largest absolute Gasteiger partial charge is 0.468 e. The third kappa shape index (κ3) is 2.11. The molecule has 0 aliphatic heterocycles. The first kappa shape index (κ1) is 10.3. The first-order valence-electron chi connectivity index (χ1n) is 4.23. The Kier molecular flexibility index (Phi) is 3.24. The van der Waals surface area contributed by atoms with Crippen LogP contribution in [0.5, 0.6) is 0 Å². The number of nitriles is 1. The van der Waals surface area contributed by atoms with E-state index in [0.717, 1.165) is 5.56 Å². The van der Waals surface area contributed by atoms with Gasteiger partial charge in [0.2, 0.25) is 0 Å². The number of carbonyl (C=O) groups is 1. The number of rotatable bonds is 2. The summed E-state index contributed by atoms with van der Waals surface area (Å²) in [5.41, 5.74) is 1.70. The van der Waals surface area contributed by atoms with E-state index in [1.807, 2.05) is 31.2 Å². The van der Waals surface area contributed by atoms with Gasteiger partial charge in [-0.3, -0.25) is 4.79 Å². The van der Waals surface area contributed by atoms with Gasteiger partial charge in [0.15, 0.2) is 5.92 Å². The Hall–Kier alpha value is -1.82. The molecular formula is C11H11NO2. The SMILES string of the molecule is COC(=O)C(C#N)c1cccc(C)c1. The van der Waals surface area contributed by atoms with Crippen molar-refractivity contribution in [3.05, 3.63) is 35.4 Å². The molecular weight excluding hydrogens is 178 g/mol. The van der Waals surface area contributed by atoms with Gasteiger partial charge in [-0.25, -0.2) is 0 Å². The monoisotopic (exact) mass is 189 g/mol. The molecule has 0 bridgehead atoms. The number of benzene rings is 1. The minimum absolute atomic E-state index is 0.516. The zero-order chi connectivity index (χ0) is 10.6. The van der Waals surface area contributed by atoms with E-state index >= 15 is 0 Å². The molecule has 1 aromatic rings. The molecule has 0 N–H and O–H groups in total. The second kappa shape index (κ2) is 4.43. The van der Waals surface area contributed by atoms with Gasteiger partial charge in [0.05, 0.1) is 13.2 Å². The predicted molar refractivity (Wildman–Crippen MR) is 51.5 cm³/mol. The summed E-state index contributed by atoms with van der Waals surface area (Å²) in [6.07, 6.45) is 0. The molecule has 14 heavy (non-hydrogen) atoms. The van der Waals surface area contributed by atoms with Crippen LogP contribution in [0.4, 0.5) is 0 Å². The third-order valence-electron chi connectivity index (χ3n) is 1.94. The van der Waals surface area contributed by atoms with Gasteiger partial charge < -0.3 is 4.74 Å². The van der Waals surface area contributed by atoms with Crippen molar-refractivity contribution in [3.8, 4) is 6.07 Å². The van der Waals surface area contributed by atoms with Gasteiger partial charge in [0, 0.05) is 0 Å². The van der Waals surface area contributed by atoms with E-state index in [1.165, 1.54) is 7.11 Å². The number of methoxy groups -OCH3 is 1. The Morgan fingerprint density at radius 2 is 2.29 bits per heavy atom. The molecule has 0 aliphatic carbocycles. The van der Waals surface area contributed by atoms with Gasteiger partial charge in [-0.05, 0) is 12.5 Å². The lowest BCUT2D eigenvalue weighted by Gasteiger charge is -2.07. The quantitative estimate of drug-likeness (QED) is 0.666. The molecule has 0 amide bonds. The van der Waals surface area contributed by atoms with Crippen molar-refractivity contribution in [1.82, 2.24) is 0 Å². The molecule has 72 valence electrons. The highest BCUT2D eigenvalue weighted by Gasteiger charge is 2.20. The number of hydrogen-bond acceptors (Lipinski definition) is 3. The van der Waals surface area contributed by atoms with E-state index in [2.05, 4.69) is 4.74 Å². The van der Waals surface area contributed by atoms with Gasteiger partial charge in [-0.2, -0.15) is 5.26 Å². The van der Waals surface area contributed by atoms with Gasteiger partial charge in [0.1, 0.15) is 0 Å². The van der Waals surface area contributed by atoms with Crippen LogP contribution in [0, 0.1) is 18.3 Å². The summed E-state index contributed by atoms with van der Waals surface area (Å²) in [5.74, 6) is -1.34. The summed E-state index contributed by atoms with van der Waals surface area (Å²) in [4.78, 5) is 11.2. The number of esters is 1. The van der Waals surface area contributed by atoms with Crippen molar-refractivity contribution in [2.75, 3.05) is 7.11 Å². The maximum atomic E-state index is 11.2. The Balaban J connectivity index is 3.02. The van der Waals surface area contributed by atoms with E-state index in [1.54, 1.807) is 6.07 Å². The van der Waals surface area contributed by atoms with Crippen molar-refractivity contribution < 1.29 is 9.53 Å². The van der Waals surface area contributed by atoms with Crippen LogP contribution in [-0.4, -0.2) is 13.1 Å². The summed E-state index contributed by atoms with van der Waals surface area (Å²) in [5, 5.41) is 8.82. The molecule has 0 heterocycles. The Morgan fingerprint density at radius 3 is 2.79 bits per heavy atom. The minimum atomic E-state index is -0.820. The van der Waals surface area contributed by atoms with Crippen LogP contribution in [0.25, 0.3) is 0 Å². The van der Waals surface area contributed by atoms with Crippen LogP contribution in [0.1, 0.15) is 17.0 Å². The van der Waals surface area contributed by atoms with E-state index in [9.17, 15) is 4.79 Å². The Bertz CT molecular complexity index is 379. The second-order valence-corrected chi connectivity index (χ2v) is 3.00. The smallest absolute Gasteiger partial charge is 0.327 e. The molecule has 0 aromatic heterocycles. The van der Waals surface area contributed by atoms with Crippen molar-refractivity contribution >= 4 is 5.97 Å². The maximum Gasteiger partial charge on any atom is 0.327 e. The molecule has 0 saturated carbocycles. The third-order valence-corrected chi connectivity index (χ3v) is 1.94. The number of carbonyl (C=O) groups excluding carboxylic acids is 1. The summed E-state index contributed by atoms with van der Waals surface area (Å²) in [6, 6.07) is 9.21. The topological polar surface area (TPSA) is 50.1 Å². The second-order valence-electron chi connectivity index (χ2n) is 3.00. The summed E-state index contributed by atoms with van der Waals surface area (Å²) < 4.78 is 4.54. The average Bonchev–Trinajstić information content (AvgIpc) is 2.19. The lowest BCUT2D eigenvalue weighted by Crippen LogP contribution is -2.12. The molecule has 0 fully saturated rings. The number of ether oxygens (including phenoxy) is 1. The van der Waals surface area contributed by atoms with Crippen molar-refractivity contribution in [3.63, 3.8) is 0 Å². The van der Waals surface area contributed by atoms with Crippen molar-refractivity contribution in [2.24, 2.45) is 0 Å². The highest BCUT2D eigenvalue weighted by molar-refractivity contribution is 5.81. The van der Waals surface area contributed by atoms with E-state index < -0.39 is 11.9 Å². The van der Waals surface area contributed by atoms with Gasteiger partial charge >= 0.3 is 5.97 Å². The standard InChI is InChI=1S/C11H11NO2/c1-8-4-3-5-9(6-8)10(7-12)11(13)14-2/h3-6,10H,1-2H3. The van der Waals surface area contributed by atoms with E-state index in [-0.39, 0.29) is 0 Å². The van der Waals surface area contributed by atoms with Crippen LogP contribution in [0.15, 0.2) is 24.3 Å². The molecule has 0 radical (unpaired) electrons. The summed E-state index contributed by atoms with van der Waals surface area (Å²) in [7, 11) is 1.28. The molecule has 3 nitrogen and oxygen atoms in total. The fourth-order valence-corrected chi connectivity index (χ4v) is 1.23. The highest BCUT2D eigenvalue weighted by atomic mass is 16.5. The number of hydrogen-bond donors (Lipinski definition) is 0. The van der Waals surface area contributed by atoms with Gasteiger partial charge in [-0.15, -0.1) is 0 Å². The highest BCUT2D eigenvalue weighted by Crippen LogP contribution is 2.17.